The lowest BCUT2D eigenvalue weighted by molar-refractivity contribution is -0.155. The maximum atomic E-state index is 13.9. The van der Waals surface area contributed by atoms with Gasteiger partial charge in [0.05, 0.1) is 12.3 Å². The van der Waals surface area contributed by atoms with Crippen LogP contribution >= 0.6 is 0 Å². The first kappa shape index (κ1) is 36.6. The van der Waals surface area contributed by atoms with E-state index in [9.17, 15) is 19.2 Å². The molecule has 3 amide bonds. The first-order valence-electron chi connectivity index (χ1n) is 17.2. The average Bonchev–Trinajstić information content (AvgIpc) is 3.08. The number of rotatable bonds is 13. The highest BCUT2D eigenvalue weighted by Gasteiger charge is 2.32. The molecule has 2 N–H and O–H groups in total. The second kappa shape index (κ2) is 17.8. The van der Waals surface area contributed by atoms with Crippen LogP contribution in [0, 0.1) is 0 Å². The zero-order valence-corrected chi connectivity index (χ0v) is 28.8. The van der Waals surface area contributed by atoms with E-state index in [0.717, 1.165) is 50.8 Å². The van der Waals surface area contributed by atoms with Crippen molar-refractivity contribution in [1.82, 2.24) is 25.4 Å². The molecule has 12 heteroatoms. The lowest BCUT2D eigenvalue weighted by atomic mass is 10.1. The fourth-order valence-corrected chi connectivity index (χ4v) is 5.63. The summed E-state index contributed by atoms with van der Waals surface area (Å²) in [6.45, 7) is 10.7. The van der Waals surface area contributed by atoms with Crippen LogP contribution < -0.4 is 15.4 Å². The van der Waals surface area contributed by atoms with E-state index < -0.39 is 23.5 Å². The Morgan fingerprint density at radius 3 is 2.33 bits per heavy atom. The maximum Gasteiger partial charge on any atom is 0.409 e. The summed E-state index contributed by atoms with van der Waals surface area (Å²) in [6, 6.07) is 11.9. The maximum absolute atomic E-state index is 13.9. The second-order valence-electron chi connectivity index (χ2n) is 13.3. The van der Waals surface area contributed by atoms with Crippen LogP contribution in [0.25, 0.3) is 11.3 Å². The number of piperidine rings is 1. The van der Waals surface area contributed by atoms with Crippen LogP contribution in [-0.2, 0) is 19.1 Å². The highest BCUT2D eigenvalue weighted by atomic mass is 16.6. The van der Waals surface area contributed by atoms with E-state index in [1.165, 1.54) is 0 Å². The summed E-state index contributed by atoms with van der Waals surface area (Å²) in [7, 11) is 0. The van der Waals surface area contributed by atoms with Gasteiger partial charge in [0.2, 0.25) is 5.91 Å². The first-order chi connectivity index (χ1) is 23.0. The van der Waals surface area contributed by atoms with Crippen LogP contribution in [0.5, 0.6) is 5.75 Å². The number of ether oxygens (including phenoxy) is 3. The number of aromatic nitrogens is 1. The van der Waals surface area contributed by atoms with E-state index in [0.29, 0.717) is 31.1 Å². The number of benzene rings is 1. The number of hydrogen-bond donors (Lipinski definition) is 2. The van der Waals surface area contributed by atoms with Crippen molar-refractivity contribution < 1.29 is 33.4 Å². The van der Waals surface area contributed by atoms with Gasteiger partial charge in [0.1, 0.15) is 29.2 Å². The molecule has 2 aromatic rings. The van der Waals surface area contributed by atoms with Crippen molar-refractivity contribution in [1.29, 1.82) is 0 Å². The molecular formula is C36H51N5O7. The Labute approximate surface area is 283 Å². The Morgan fingerprint density at radius 2 is 1.67 bits per heavy atom. The van der Waals surface area contributed by atoms with Crippen molar-refractivity contribution in [2.75, 3.05) is 45.9 Å². The molecular weight excluding hydrogens is 614 g/mol. The number of unbranched alkanes of at least 4 members (excludes halogenated alkanes) is 2. The van der Waals surface area contributed by atoms with Gasteiger partial charge in [-0.15, -0.1) is 0 Å². The number of esters is 1. The SMILES string of the molecule is CCCCCOC(=O)N1CCN(C(=O)[C@H](CCC(=O)OC(C)(C)C)NC(=O)c2cc(OC3CCNCC3)cc(-c3ccccc3)n2)CC1. The van der Waals surface area contributed by atoms with Crippen molar-refractivity contribution in [3.63, 3.8) is 0 Å². The molecule has 2 fully saturated rings. The molecule has 2 aliphatic heterocycles. The van der Waals surface area contributed by atoms with E-state index in [1.807, 2.05) is 36.4 Å². The van der Waals surface area contributed by atoms with Gasteiger partial charge in [0, 0.05) is 50.3 Å². The lowest BCUT2D eigenvalue weighted by Crippen LogP contribution is -2.56. The number of hydrogen-bond acceptors (Lipinski definition) is 9. The molecule has 4 rings (SSSR count). The topological polar surface area (TPSA) is 139 Å². The number of pyridine rings is 1. The molecule has 12 nitrogen and oxygen atoms in total. The van der Waals surface area contributed by atoms with Crippen molar-refractivity contribution in [3.8, 4) is 17.0 Å². The molecule has 0 unspecified atom stereocenters. The summed E-state index contributed by atoms with van der Waals surface area (Å²) in [4.78, 5) is 60.7. The summed E-state index contributed by atoms with van der Waals surface area (Å²) in [6.07, 6.45) is 4.11. The summed E-state index contributed by atoms with van der Waals surface area (Å²) >= 11 is 0. The molecule has 1 aromatic carbocycles. The fraction of sp³-hybridized carbons (Fsp3) is 0.583. The van der Waals surface area contributed by atoms with E-state index in [-0.39, 0.29) is 49.7 Å². The van der Waals surface area contributed by atoms with E-state index >= 15 is 0 Å². The minimum atomic E-state index is -1.02. The largest absolute Gasteiger partial charge is 0.490 e. The Morgan fingerprint density at radius 1 is 0.979 bits per heavy atom. The Kier molecular flexibility index (Phi) is 13.6. The van der Waals surface area contributed by atoms with Crippen LogP contribution in [-0.4, -0.2) is 102 Å². The Hall–Kier alpha value is -4.19. The minimum absolute atomic E-state index is 0.00336. The standard InChI is InChI=1S/C36H51N5O7/c1-5-6-10-23-46-35(45)41-21-19-40(20-22-41)34(44)29(13-14-32(42)48-36(2,3)4)39-33(43)31-25-28(47-27-15-17-37-18-16-27)24-30(38-31)26-11-8-7-9-12-26/h7-9,11-12,24-25,27,29,37H,5-6,10,13-23H2,1-4H3,(H,39,43)/t29-/m0/s1. The molecule has 0 spiro atoms. The van der Waals surface area contributed by atoms with Gasteiger partial charge >= 0.3 is 12.1 Å². The van der Waals surface area contributed by atoms with Gasteiger partial charge in [-0.1, -0.05) is 50.1 Å². The van der Waals surface area contributed by atoms with E-state index in [1.54, 1.807) is 36.6 Å². The quantitative estimate of drug-likeness (QED) is 0.233. The summed E-state index contributed by atoms with van der Waals surface area (Å²) in [5, 5.41) is 6.19. The predicted molar refractivity (Wildman–Crippen MR) is 182 cm³/mol. The zero-order chi connectivity index (χ0) is 34.5. The van der Waals surface area contributed by atoms with Crippen molar-refractivity contribution in [3.05, 3.63) is 48.2 Å². The smallest absolute Gasteiger partial charge is 0.409 e. The van der Waals surface area contributed by atoms with Gasteiger partial charge in [-0.3, -0.25) is 14.4 Å². The monoisotopic (exact) mass is 665 g/mol. The lowest BCUT2D eigenvalue weighted by Gasteiger charge is -2.36. The summed E-state index contributed by atoms with van der Waals surface area (Å²) in [5.74, 6) is -0.838. The number of piperazine rings is 1. The number of carbonyl (C=O) groups is 4. The first-order valence-corrected chi connectivity index (χ1v) is 17.2. The molecule has 0 aliphatic carbocycles. The van der Waals surface area contributed by atoms with Gasteiger partial charge in [0.15, 0.2) is 0 Å². The average molecular weight is 666 g/mol. The highest BCUT2D eigenvalue weighted by Crippen LogP contribution is 2.26. The van der Waals surface area contributed by atoms with Gasteiger partial charge in [-0.05, 0) is 59.5 Å². The van der Waals surface area contributed by atoms with Crippen LogP contribution in [0.2, 0.25) is 0 Å². The number of nitrogens with zero attached hydrogens (tertiary/aromatic N) is 3. The van der Waals surface area contributed by atoms with Crippen molar-refractivity contribution in [2.45, 2.75) is 90.4 Å². The number of amides is 3. The molecule has 1 aromatic heterocycles. The number of nitrogens with one attached hydrogen (secondary N) is 2. The van der Waals surface area contributed by atoms with Gasteiger partial charge in [-0.2, -0.15) is 0 Å². The molecule has 0 radical (unpaired) electrons. The summed E-state index contributed by atoms with van der Waals surface area (Å²) in [5.41, 5.74) is 0.808. The van der Waals surface area contributed by atoms with E-state index in [2.05, 4.69) is 22.5 Å². The number of carbonyl (C=O) groups excluding carboxylic acids is 4. The van der Waals surface area contributed by atoms with Crippen LogP contribution in [0.1, 0.15) is 83.1 Å². The van der Waals surface area contributed by atoms with Crippen LogP contribution in [0.15, 0.2) is 42.5 Å². The molecule has 0 saturated carbocycles. The van der Waals surface area contributed by atoms with Crippen molar-refractivity contribution >= 4 is 23.9 Å². The molecule has 0 bridgehead atoms. The minimum Gasteiger partial charge on any atom is -0.490 e. The third kappa shape index (κ3) is 11.5. The molecule has 3 heterocycles. The highest BCUT2D eigenvalue weighted by molar-refractivity contribution is 5.97. The molecule has 262 valence electrons. The Bertz CT molecular complexity index is 1370. The normalized spacial score (nSPS) is 16.2. The molecule has 1 atom stereocenters. The fourth-order valence-electron chi connectivity index (χ4n) is 5.63. The van der Waals surface area contributed by atoms with Gasteiger partial charge in [0.25, 0.3) is 5.91 Å². The molecule has 2 aliphatic rings. The molecule has 48 heavy (non-hydrogen) atoms. The van der Waals surface area contributed by atoms with Crippen LogP contribution in [0.4, 0.5) is 4.79 Å². The van der Waals surface area contributed by atoms with Gasteiger partial charge in [-0.25, -0.2) is 9.78 Å². The third-order valence-corrected chi connectivity index (χ3v) is 8.17. The summed E-state index contributed by atoms with van der Waals surface area (Å²) < 4.78 is 17.2. The second-order valence-corrected chi connectivity index (χ2v) is 13.3. The van der Waals surface area contributed by atoms with Crippen molar-refractivity contribution in [2.24, 2.45) is 0 Å². The Balaban J connectivity index is 1.50. The van der Waals surface area contributed by atoms with Gasteiger partial charge < -0.3 is 34.6 Å². The predicted octanol–water partition coefficient (Wildman–Crippen LogP) is 4.57. The van der Waals surface area contributed by atoms with Crippen LogP contribution in [0.3, 0.4) is 0 Å². The zero-order valence-electron chi connectivity index (χ0n) is 28.8. The van der Waals surface area contributed by atoms with E-state index in [4.69, 9.17) is 14.2 Å². The molecule has 2 saturated heterocycles. The third-order valence-electron chi connectivity index (χ3n) is 8.17.